The lowest BCUT2D eigenvalue weighted by Gasteiger charge is -2.27. The standard InChI is InChI=1S/C15H20N2O4S/c1-16(8-3-7-13(18)19)14(20)11-5-2-9-17(11)15(21)12-6-4-10-22-12/h4,6,10-11H,2-3,5,7-9H2,1H3,(H,18,19). The average Bonchev–Trinajstić information content (AvgIpc) is 3.16. The maximum absolute atomic E-state index is 12.5. The van der Waals surface area contributed by atoms with E-state index < -0.39 is 12.0 Å². The lowest BCUT2D eigenvalue weighted by Crippen LogP contribution is -2.46. The van der Waals surface area contributed by atoms with Gasteiger partial charge in [0.15, 0.2) is 0 Å². The molecule has 0 aliphatic carbocycles. The molecule has 1 saturated heterocycles. The molecule has 1 fully saturated rings. The summed E-state index contributed by atoms with van der Waals surface area (Å²) in [4.78, 5) is 39.3. The molecule has 2 amide bonds. The van der Waals surface area contributed by atoms with Crippen LogP contribution in [0.5, 0.6) is 0 Å². The van der Waals surface area contributed by atoms with Crippen LogP contribution in [-0.4, -0.2) is 58.9 Å². The molecule has 0 aromatic carbocycles. The van der Waals surface area contributed by atoms with Crippen LogP contribution < -0.4 is 0 Å². The van der Waals surface area contributed by atoms with Crippen LogP contribution in [0.25, 0.3) is 0 Å². The molecule has 22 heavy (non-hydrogen) atoms. The minimum Gasteiger partial charge on any atom is -0.481 e. The molecular formula is C15H20N2O4S. The Morgan fingerprint density at radius 3 is 2.86 bits per heavy atom. The summed E-state index contributed by atoms with van der Waals surface area (Å²) in [6.07, 6.45) is 1.94. The summed E-state index contributed by atoms with van der Waals surface area (Å²) < 4.78 is 0. The monoisotopic (exact) mass is 324 g/mol. The molecule has 0 radical (unpaired) electrons. The summed E-state index contributed by atoms with van der Waals surface area (Å²) >= 11 is 1.38. The number of thiophene rings is 1. The van der Waals surface area contributed by atoms with Gasteiger partial charge in [0.1, 0.15) is 6.04 Å². The molecule has 0 spiro atoms. The fourth-order valence-corrected chi connectivity index (χ4v) is 3.32. The smallest absolute Gasteiger partial charge is 0.303 e. The van der Waals surface area contributed by atoms with E-state index in [2.05, 4.69) is 0 Å². The van der Waals surface area contributed by atoms with Crippen molar-refractivity contribution in [3.63, 3.8) is 0 Å². The van der Waals surface area contributed by atoms with Gasteiger partial charge in [-0.05, 0) is 30.7 Å². The Bertz CT molecular complexity index is 544. The molecule has 1 aliphatic rings. The Labute approximate surface area is 133 Å². The Morgan fingerprint density at radius 2 is 2.23 bits per heavy atom. The molecule has 120 valence electrons. The highest BCUT2D eigenvalue weighted by Gasteiger charge is 2.36. The summed E-state index contributed by atoms with van der Waals surface area (Å²) in [5.41, 5.74) is 0. The molecule has 1 aliphatic heterocycles. The number of carboxylic acid groups (broad SMARTS) is 1. The lowest BCUT2D eigenvalue weighted by molar-refractivity contribution is -0.138. The van der Waals surface area contributed by atoms with Crippen LogP contribution in [0, 0.1) is 0 Å². The van der Waals surface area contributed by atoms with Gasteiger partial charge in [-0.15, -0.1) is 11.3 Å². The van der Waals surface area contributed by atoms with E-state index in [1.54, 1.807) is 18.0 Å². The summed E-state index contributed by atoms with van der Waals surface area (Å²) in [6, 6.07) is 3.16. The van der Waals surface area contributed by atoms with Gasteiger partial charge in [-0.3, -0.25) is 14.4 Å². The van der Waals surface area contributed by atoms with Crippen LogP contribution >= 0.6 is 11.3 Å². The number of likely N-dealkylation sites (N-methyl/N-ethyl adjacent to an activating group) is 1. The lowest BCUT2D eigenvalue weighted by atomic mass is 10.2. The second-order valence-corrected chi connectivity index (χ2v) is 6.34. The molecule has 2 heterocycles. The fraction of sp³-hybridized carbons (Fsp3) is 0.533. The van der Waals surface area contributed by atoms with Crippen molar-refractivity contribution in [3.05, 3.63) is 22.4 Å². The SMILES string of the molecule is CN(CCCC(=O)O)C(=O)C1CCCN1C(=O)c1cccs1. The molecule has 0 bridgehead atoms. The van der Waals surface area contributed by atoms with Gasteiger partial charge >= 0.3 is 5.97 Å². The third-order valence-electron chi connectivity index (χ3n) is 3.79. The van der Waals surface area contributed by atoms with Crippen molar-refractivity contribution < 1.29 is 19.5 Å². The van der Waals surface area contributed by atoms with Crippen molar-refractivity contribution in [2.75, 3.05) is 20.1 Å². The molecule has 7 heteroatoms. The van der Waals surface area contributed by atoms with E-state index in [0.29, 0.717) is 30.8 Å². The molecule has 1 atom stereocenters. The number of carbonyl (C=O) groups is 3. The third kappa shape index (κ3) is 3.85. The van der Waals surface area contributed by atoms with E-state index in [1.165, 1.54) is 16.2 Å². The van der Waals surface area contributed by atoms with Crippen LogP contribution in [-0.2, 0) is 9.59 Å². The molecular weight excluding hydrogens is 304 g/mol. The number of nitrogens with zero attached hydrogens (tertiary/aromatic N) is 2. The molecule has 1 aromatic rings. The van der Waals surface area contributed by atoms with Crippen LogP contribution in [0.4, 0.5) is 0 Å². The Morgan fingerprint density at radius 1 is 1.45 bits per heavy atom. The van der Waals surface area contributed by atoms with Crippen molar-refractivity contribution >= 4 is 29.1 Å². The maximum atomic E-state index is 12.5. The molecule has 1 aromatic heterocycles. The first-order valence-corrected chi connectivity index (χ1v) is 8.20. The summed E-state index contributed by atoms with van der Waals surface area (Å²) in [5.74, 6) is -1.06. The van der Waals surface area contributed by atoms with Crippen molar-refractivity contribution in [1.82, 2.24) is 9.80 Å². The Hall–Kier alpha value is -1.89. The van der Waals surface area contributed by atoms with E-state index >= 15 is 0 Å². The van der Waals surface area contributed by atoms with E-state index in [1.807, 2.05) is 11.4 Å². The zero-order valence-corrected chi connectivity index (χ0v) is 13.3. The van der Waals surface area contributed by atoms with Gasteiger partial charge in [-0.25, -0.2) is 0 Å². The Kier molecular flexibility index (Phi) is 5.54. The van der Waals surface area contributed by atoms with Gasteiger partial charge in [0, 0.05) is 26.6 Å². The van der Waals surface area contributed by atoms with Crippen molar-refractivity contribution in [2.24, 2.45) is 0 Å². The first-order chi connectivity index (χ1) is 10.5. The number of rotatable bonds is 6. The van der Waals surface area contributed by atoms with Crippen molar-refractivity contribution in [2.45, 2.75) is 31.7 Å². The molecule has 1 unspecified atom stereocenters. The van der Waals surface area contributed by atoms with E-state index in [0.717, 1.165) is 6.42 Å². The fourth-order valence-electron chi connectivity index (χ4n) is 2.64. The normalized spacial score (nSPS) is 17.5. The quantitative estimate of drug-likeness (QED) is 0.863. The van der Waals surface area contributed by atoms with Gasteiger partial charge in [-0.2, -0.15) is 0 Å². The van der Waals surface area contributed by atoms with E-state index in [4.69, 9.17) is 5.11 Å². The Balaban J connectivity index is 1.96. The number of carbonyl (C=O) groups excluding carboxylic acids is 2. The number of carboxylic acids is 1. The first kappa shape index (κ1) is 16.5. The predicted octanol–water partition coefficient (Wildman–Crippen LogP) is 1.68. The number of hydrogen-bond donors (Lipinski definition) is 1. The highest BCUT2D eigenvalue weighted by Crippen LogP contribution is 2.23. The van der Waals surface area contributed by atoms with Gasteiger partial charge in [0.25, 0.3) is 5.91 Å². The highest BCUT2D eigenvalue weighted by atomic mass is 32.1. The van der Waals surface area contributed by atoms with Gasteiger partial charge < -0.3 is 14.9 Å². The minimum absolute atomic E-state index is 0.0418. The van der Waals surface area contributed by atoms with Gasteiger partial charge in [0.05, 0.1) is 4.88 Å². The van der Waals surface area contributed by atoms with Crippen LogP contribution in [0.2, 0.25) is 0 Å². The first-order valence-electron chi connectivity index (χ1n) is 7.32. The summed E-state index contributed by atoms with van der Waals surface area (Å²) in [6.45, 7) is 0.985. The van der Waals surface area contributed by atoms with Crippen LogP contribution in [0.15, 0.2) is 17.5 Å². The predicted molar refractivity (Wildman–Crippen MR) is 82.9 cm³/mol. The van der Waals surface area contributed by atoms with E-state index in [-0.39, 0.29) is 18.2 Å². The topological polar surface area (TPSA) is 77.9 Å². The largest absolute Gasteiger partial charge is 0.481 e. The minimum atomic E-state index is -0.865. The zero-order valence-electron chi connectivity index (χ0n) is 12.5. The van der Waals surface area contributed by atoms with Gasteiger partial charge in [-0.1, -0.05) is 6.07 Å². The molecule has 1 N–H and O–H groups in total. The summed E-state index contributed by atoms with van der Waals surface area (Å²) in [7, 11) is 1.66. The van der Waals surface area contributed by atoms with Crippen molar-refractivity contribution in [3.8, 4) is 0 Å². The number of likely N-dealkylation sites (tertiary alicyclic amines) is 1. The second-order valence-electron chi connectivity index (χ2n) is 5.39. The number of amides is 2. The molecule has 2 rings (SSSR count). The third-order valence-corrected chi connectivity index (χ3v) is 4.65. The number of hydrogen-bond acceptors (Lipinski definition) is 4. The summed E-state index contributed by atoms with van der Waals surface area (Å²) in [5, 5.41) is 10.5. The van der Waals surface area contributed by atoms with Gasteiger partial charge in [0.2, 0.25) is 5.91 Å². The maximum Gasteiger partial charge on any atom is 0.303 e. The number of aliphatic carboxylic acids is 1. The zero-order chi connectivity index (χ0) is 16.1. The van der Waals surface area contributed by atoms with E-state index in [9.17, 15) is 14.4 Å². The van der Waals surface area contributed by atoms with Crippen molar-refractivity contribution in [1.29, 1.82) is 0 Å². The van der Waals surface area contributed by atoms with Crippen LogP contribution in [0.3, 0.4) is 0 Å². The average molecular weight is 324 g/mol. The molecule has 6 nitrogen and oxygen atoms in total. The highest BCUT2D eigenvalue weighted by molar-refractivity contribution is 7.12. The van der Waals surface area contributed by atoms with Crippen LogP contribution in [0.1, 0.15) is 35.4 Å². The second kappa shape index (κ2) is 7.40. The molecule has 0 saturated carbocycles.